The molecule has 0 radical (unpaired) electrons. The Bertz CT molecular complexity index is 468. The molecule has 1 unspecified atom stereocenters. The zero-order valence-corrected chi connectivity index (χ0v) is 7.70. The van der Waals surface area contributed by atoms with Crippen molar-refractivity contribution >= 4 is 17.3 Å². The summed E-state index contributed by atoms with van der Waals surface area (Å²) in [5.74, 6) is 1.55. The third kappa shape index (κ3) is 0.909. The van der Waals surface area contributed by atoms with Crippen LogP contribution < -0.4 is 5.73 Å². The molecular weight excluding hydrogens is 178 g/mol. The molecule has 2 N–H and O–H groups in total. The topological polar surface area (TPSA) is 60.2 Å². The normalized spacial score (nSPS) is 24.7. The number of carbonyl (C=O) groups excluding carboxylic acids is 2. The molecule has 3 nitrogen and oxygen atoms in total. The molecule has 1 aromatic rings. The van der Waals surface area contributed by atoms with E-state index in [1.165, 1.54) is 6.92 Å². The van der Waals surface area contributed by atoms with Gasteiger partial charge in [-0.1, -0.05) is 24.3 Å². The number of hydrogen-bond donors (Lipinski definition) is 1. The van der Waals surface area contributed by atoms with E-state index in [4.69, 9.17) is 5.73 Å². The van der Waals surface area contributed by atoms with Crippen LogP contribution in [0.25, 0.3) is 5.57 Å². The first-order chi connectivity index (χ1) is 6.59. The highest BCUT2D eigenvalue weighted by Gasteiger charge is 2.43. The molecule has 1 aliphatic carbocycles. The Morgan fingerprint density at radius 3 is 2.43 bits per heavy atom. The third-order valence-corrected chi connectivity index (χ3v) is 2.53. The Morgan fingerprint density at radius 2 is 1.86 bits per heavy atom. The lowest BCUT2D eigenvalue weighted by Gasteiger charge is -2.14. The van der Waals surface area contributed by atoms with Gasteiger partial charge in [-0.25, -0.2) is 4.79 Å². The molecule has 0 saturated heterocycles. The number of fused-ring (bicyclic) bond motifs is 1. The van der Waals surface area contributed by atoms with Gasteiger partial charge in [0.05, 0.1) is 5.57 Å². The van der Waals surface area contributed by atoms with E-state index in [-0.39, 0.29) is 11.4 Å². The van der Waals surface area contributed by atoms with E-state index in [1.54, 1.807) is 30.2 Å². The number of nitrogens with two attached hydrogens (primary N) is 1. The van der Waals surface area contributed by atoms with Crippen molar-refractivity contribution in [3.05, 3.63) is 35.4 Å². The quantitative estimate of drug-likeness (QED) is 0.611. The van der Waals surface area contributed by atoms with Crippen LogP contribution in [0.15, 0.2) is 24.3 Å². The molecular formula is C11H9NO2. The fourth-order valence-corrected chi connectivity index (χ4v) is 1.73. The maximum Gasteiger partial charge on any atom is 0.188 e. The minimum atomic E-state index is -1.22. The van der Waals surface area contributed by atoms with Crippen molar-refractivity contribution in [3.63, 3.8) is 0 Å². The first-order valence-corrected chi connectivity index (χ1v) is 4.27. The van der Waals surface area contributed by atoms with Gasteiger partial charge < -0.3 is 5.73 Å². The molecule has 0 aromatic heterocycles. The van der Waals surface area contributed by atoms with Crippen LogP contribution in [0.3, 0.4) is 0 Å². The van der Waals surface area contributed by atoms with E-state index in [9.17, 15) is 9.59 Å². The third-order valence-electron chi connectivity index (χ3n) is 2.53. The molecule has 1 atom stereocenters. The Morgan fingerprint density at radius 1 is 1.29 bits per heavy atom. The fraction of sp³-hybridized carbons (Fsp3) is 0.182. The predicted octanol–water partition coefficient (Wildman–Crippen LogP) is 0.815. The van der Waals surface area contributed by atoms with Crippen molar-refractivity contribution in [1.82, 2.24) is 0 Å². The van der Waals surface area contributed by atoms with Crippen LogP contribution in [-0.2, 0) is 4.79 Å². The van der Waals surface area contributed by atoms with Crippen LogP contribution in [0, 0.1) is 0 Å². The lowest BCUT2D eigenvalue weighted by molar-refractivity contribution is 0.0946. The summed E-state index contributed by atoms with van der Waals surface area (Å²) in [6.45, 7) is 1.54. The zero-order valence-electron chi connectivity index (χ0n) is 7.70. The first-order valence-electron chi connectivity index (χ1n) is 4.27. The smallest absolute Gasteiger partial charge is 0.188 e. The van der Waals surface area contributed by atoms with Crippen molar-refractivity contribution in [2.24, 2.45) is 5.73 Å². The number of ketones is 1. The monoisotopic (exact) mass is 187 g/mol. The molecule has 14 heavy (non-hydrogen) atoms. The van der Waals surface area contributed by atoms with Crippen LogP contribution in [0.2, 0.25) is 0 Å². The Labute approximate surface area is 81.2 Å². The number of Topliss-reactive ketones (excluding diaryl/α,β-unsaturated/α-hetero) is 1. The summed E-state index contributed by atoms with van der Waals surface area (Å²) in [6, 6.07) is 6.91. The number of rotatable bonds is 0. The van der Waals surface area contributed by atoms with Crippen molar-refractivity contribution in [3.8, 4) is 0 Å². The van der Waals surface area contributed by atoms with E-state index >= 15 is 0 Å². The van der Waals surface area contributed by atoms with Gasteiger partial charge in [0, 0.05) is 11.1 Å². The first kappa shape index (κ1) is 8.88. The molecule has 0 spiro atoms. The molecule has 0 heterocycles. The molecule has 1 aliphatic rings. The van der Waals surface area contributed by atoms with Gasteiger partial charge in [0.15, 0.2) is 5.78 Å². The van der Waals surface area contributed by atoms with E-state index in [0.717, 1.165) is 0 Å². The van der Waals surface area contributed by atoms with Gasteiger partial charge in [-0.2, -0.15) is 0 Å². The van der Waals surface area contributed by atoms with Crippen LogP contribution in [0.1, 0.15) is 22.8 Å². The Kier molecular flexibility index (Phi) is 1.68. The van der Waals surface area contributed by atoms with Gasteiger partial charge in [-0.15, -0.1) is 0 Å². The maximum atomic E-state index is 11.8. The van der Waals surface area contributed by atoms with E-state index in [2.05, 4.69) is 0 Å². The molecule has 3 heteroatoms. The molecule has 0 bridgehead atoms. The highest BCUT2D eigenvalue weighted by Crippen LogP contribution is 2.36. The average molecular weight is 187 g/mol. The van der Waals surface area contributed by atoms with E-state index in [1.807, 2.05) is 0 Å². The molecule has 0 aliphatic heterocycles. The summed E-state index contributed by atoms with van der Waals surface area (Å²) in [7, 11) is 0. The van der Waals surface area contributed by atoms with Crippen molar-refractivity contribution in [2.45, 2.75) is 12.5 Å². The molecule has 1 aromatic carbocycles. The molecule has 0 saturated carbocycles. The lowest BCUT2D eigenvalue weighted by Crippen LogP contribution is -2.41. The van der Waals surface area contributed by atoms with Gasteiger partial charge in [0.1, 0.15) is 11.5 Å². The summed E-state index contributed by atoms with van der Waals surface area (Å²) in [4.78, 5) is 22.5. The van der Waals surface area contributed by atoms with Crippen LogP contribution in [-0.4, -0.2) is 17.3 Å². The van der Waals surface area contributed by atoms with Crippen LogP contribution >= 0.6 is 0 Å². The highest BCUT2D eigenvalue weighted by molar-refractivity contribution is 6.23. The molecule has 0 fully saturated rings. The van der Waals surface area contributed by atoms with Gasteiger partial charge in [-0.05, 0) is 6.92 Å². The fourth-order valence-electron chi connectivity index (χ4n) is 1.73. The maximum absolute atomic E-state index is 11.8. The SMILES string of the molecule is CC1(N)C(=O)c2ccccc2C1=C=O. The Balaban J connectivity index is 2.80. The highest BCUT2D eigenvalue weighted by atomic mass is 16.1. The van der Waals surface area contributed by atoms with Crippen LogP contribution in [0.5, 0.6) is 0 Å². The molecule has 2 rings (SSSR count). The molecule has 70 valence electrons. The number of carbonyl (C=O) groups is 1. The van der Waals surface area contributed by atoms with Crippen molar-refractivity contribution < 1.29 is 9.59 Å². The minimum absolute atomic E-state index is 0.216. The standard InChI is InChI=1S/C11H9NO2/c1-11(12)9(6-13)7-4-2-3-5-8(7)10(11)14/h2-5H,12H2,1H3. The van der Waals surface area contributed by atoms with Gasteiger partial charge in [0.25, 0.3) is 0 Å². The van der Waals surface area contributed by atoms with Gasteiger partial charge >= 0.3 is 0 Å². The summed E-state index contributed by atoms with van der Waals surface area (Å²) >= 11 is 0. The van der Waals surface area contributed by atoms with E-state index < -0.39 is 5.54 Å². The van der Waals surface area contributed by atoms with Crippen molar-refractivity contribution in [2.75, 3.05) is 0 Å². The Hall–Kier alpha value is -1.70. The average Bonchev–Trinajstić information content (AvgIpc) is 2.36. The van der Waals surface area contributed by atoms with E-state index in [0.29, 0.717) is 11.1 Å². The largest absolute Gasteiger partial charge is 0.315 e. The second-order valence-corrected chi connectivity index (χ2v) is 3.55. The minimum Gasteiger partial charge on any atom is -0.315 e. The summed E-state index contributed by atoms with van der Waals surface area (Å²) in [5, 5.41) is 0. The second kappa shape index (κ2) is 2.64. The zero-order chi connectivity index (χ0) is 10.3. The van der Waals surface area contributed by atoms with Crippen molar-refractivity contribution in [1.29, 1.82) is 0 Å². The summed E-state index contributed by atoms with van der Waals surface area (Å²) in [6.07, 6.45) is 0. The predicted molar refractivity (Wildman–Crippen MR) is 52.5 cm³/mol. The summed E-state index contributed by atoms with van der Waals surface area (Å²) < 4.78 is 0. The van der Waals surface area contributed by atoms with Crippen LogP contribution in [0.4, 0.5) is 0 Å². The second-order valence-electron chi connectivity index (χ2n) is 3.55. The molecule has 0 amide bonds. The lowest BCUT2D eigenvalue weighted by atomic mass is 9.94. The summed E-state index contributed by atoms with van der Waals surface area (Å²) in [5.41, 5.74) is 5.93. The van der Waals surface area contributed by atoms with Gasteiger partial charge in [-0.3, -0.25) is 4.79 Å². The number of benzene rings is 1. The van der Waals surface area contributed by atoms with Gasteiger partial charge in [0.2, 0.25) is 0 Å². The number of hydrogen-bond acceptors (Lipinski definition) is 3.